The summed E-state index contributed by atoms with van der Waals surface area (Å²) in [6.45, 7) is 2.09. The molecular formula is C16H17N4O3+. The van der Waals surface area contributed by atoms with Crippen LogP contribution in [0.4, 0.5) is 11.5 Å². The fourth-order valence-corrected chi connectivity index (χ4v) is 2.38. The monoisotopic (exact) mass is 313 g/mol. The van der Waals surface area contributed by atoms with Gasteiger partial charge in [-0.2, -0.15) is 5.26 Å². The zero-order chi connectivity index (χ0) is 16.8. The molecule has 1 aromatic heterocycles. The molecule has 0 saturated heterocycles. The second kappa shape index (κ2) is 7.33. The summed E-state index contributed by atoms with van der Waals surface area (Å²) in [5.74, 6) is 0.450. The molecule has 7 nitrogen and oxygen atoms in total. The van der Waals surface area contributed by atoms with Crippen LogP contribution in [0, 0.1) is 28.4 Å². The third-order valence-electron chi connectivity index (χ3n) is 3.40. The Morgan fingerprint density at radius 1 is 1.39 bits per heavy atom. The summed E-state index contributed by atoms with van der Waals surface area (Å²) in [6, 6.07) is 11.7. The van der Waals surface area contributed by atoms with Crippen LogP contribution >= 0.6 is 0 Å². The van der Waals surface area contributed by atoms with E-state index in [-0.39, 0.29) is 23.4 Å². The predicted molar refractivity (Wildman–Crippen MR) is 83.6 cm³/mol. The maximum absolute atomic E-state index is 11.3. The van der Waals surface area contributed by atoms with Crippen molar-refractivity contribution in [3.8, 4) is 6.07 Å². The van der Waals surface area contributed by atoms with Gasteiger partial charge in [0.15, 0.2) is 11.3 Å². The molecule has 0 atom stereocenters. The van der Waals surface area contributed by atoms with Gasteiger partial charge in [0.05, 0.1) is 17.1 Å². The van der Waals surface area contributed by atoms with E-state index in [4.69, 9.17) is 4.74 Å². The SMILES string of the molecule is COCc1c(C#N)c(NCc2ccccc2)[nH+]c(C)c1[N+](=O)[O-]. The highest BCUT2D eigenvalue weighted by Gasteiger charge is 2.29. The van der Waals surface area contributed by atoms with E-state index in [9.17, 15) is 15.4 Å². The smallest absolute Gasteiger partial charge is 0.317 e. The summed E-state index contributed by atoms with van der Waals surface area (Å²) in [5.41, 5.74) is 1.76. The molecule has 23 heavy (non-hydrogen) atoms. The summed E-state index contributed by atoms with van der Waals surface area (Å²) in [5, 5.41) is 23.8. The Labute approximate surface area is 133 Å². The first-order chi connectivity index (χ1) is 11.1. The molecule has 0 spiro atoms. The Morgan fingerprint density at radius 2 is 2.09 bits per heavy atom. The third-order valence-corrected chi connectivity index (χ3v) is 3.40. The van der Waals surface area contributed by atoms with E-state index in [0.717, 1.165) is 5.56 Å². The number of nitriles is 1. The molecule has 1 aromatic carbocycles. The molecule has 0 aliphatic rings. The van der Waals surface area contributed by atoms with E-state index in [2.05, 4.69) is 10.3 Å². The van der Waals surface area contributed by atoms with Crippen molar-refractivity contribution in [3.05, 3.63) is 62.8 Å². The van der Waals surface area contributed by atoms with E-state index < -0.39 is 4.92 Å². The standard InChI is InChI=1S/C16H16N4O3/c1-11-15(20(21)22)14(10-23-2)13(8-17)16(19-11)18-9-12-6-4-3-5-7-12/h3-7H,9-10H2,1-2H3,(H,18,19)/p+1. The fourth-order valence-electron chi connectivity index (χ4n) is 2.38. The van der Waals surface area contributed by atoms with Crippen molar-refractivity contribution >= 4 is 11.5 Å². The molecule has 2 N–H and O–H groups in total. The minimum atomic E-state index is -0.498. The Kier molecular flexibility index (Phi) is 5.23. The van der Waals surface area contributed by atoms with Crippen LogP contribution in [0.3, 0.4) is 0 Å². The molecule has 0 unspecified atom stereocenters. The van der Waals surface area contributed by atoms with Crippen molar-refractivity contribution in [3.63, 3.8) is 0 Å². The second-order valence-corrected chi connectivity index (χ2v) is 4.97. The lowest BCUT2D eigenvalue weighted by molar-refractivity contribution is -0.420. The number of methoxy groups -OCH3 is 1. The molecule has 0 amide bonds. The van der Waals surface area contributed by atoms with Crippen LogP contribution in [0.15, 0.2) is 30.3 Å². The Bertz CT molecular complexity index is 754. The maximum atomic E-state index is 11.3. The van der Waals surface area contributed by atoms with Crippen molar-refractivity contribution in [2.24, 2.45) is 0 Å². The van der Waals surface area contributed by atoms with Gasteiger partial charge in [-0.05, 0) is 5.56 Å². The number of benzene rings is 1. The highest BCUT2D eigenvalue weighted by atomic mass is 16.6. The van der Waals surface area contributed by atoms with Crippen LogP contribution in [0.25, 0.3) is 0 Å². The molecule has 0 saturated carbocycles. The summed E-state index contributed by atoms with van der Waals surface area (Å²) in [6.07, 6.45) is 0. The van der Waals surface area contributed by atoms with Crippen molar-refractivity contribution in [1.82, 2.24) is 0 Å². The van der Waals surface area contributed by atoms with Crippen LogP contribution in [0.5, 0.6) is 0 Å². The normalized spacial score (nSPS) is 10.1. The van der Waals surface area contributed by atoms with Gasteiger partial charge < -0.3 is 4.74 Å². The number of hydrogen-bond acceptors (Lipinski definition) is 5. The van der Waals surface area contributed by atoms with Crippen LogP contribution in [0.1, 0.15) is 22.4 Å². The van der Waals surface area contributed by atoms with Gasteiger partial charge in [-0.15, -0.1) is 0 Å². The zero-order valence-corrected chi connectivity index (χ0v) is 12.9. The largest absolute Gasteiger partial charge is 0.380 e. The minimum Gasteiger partial charge on any atom is -0.380 e. The number of nitrogens with one attached hydrogen (secondary N) is 2. The van der Waals surface area contributed by atoms with Crippen LogP contribution in [-0.4, -0.2) is 12.0 Å². The van der Waals surface area contributed by atoms with Crippen molar-refractivity contribution in [2.75, 3.05) is 12.4 Å². The number of hydrogen-bond donors (Lipinski definition) is 1. The zero-order valence-electron chi connectivity index (χ0n) is 12.9. The Hall–Kier alpha value is -2.98. The van der Waals surface area contributed by atoms with E-state index >= 15 is 0 Å². The van der Waals surface area contributed by atoms with Crippen LogP contribution in [0.2, 0.25) is 0 Å². The number of aromatic amines is 1. The lowest BCUT2D eigenvalue weighted by Gasteiger charge is -2.08. The number of nitro groups is 1. The van der Waals surface area contributed by atoms with Gasteiger partial charge in [0.1, 0.15) is 12.6 Å². The quantitative estimate of drug-likeness (QED) is 0.651. The molecule has 0 aliphatic carbocycles. The Balaban J connectivity index is 2.43. The molecule has 7 heteroatoms. The highest BCUT2D eigenvalue weighted by molar-refractivity contribution is 5.60. The number of rotatable bonds is 6. The van der Waals surface area contributed by atoms with Gasteiger partial charge in [-0.1, -0.05) is 30.3 Å². The van der Waals surface area contributed by atoms with Gasteiger partial charge in [0.25, 0.3) is 5.82 Å². The first-order valence-electron chi connectivity index (χ1n) is 6.98. The maximum Gasteiger partial charge on any atom is 0.317 e. The molecule has 2 aromatic rings. The number of aromatic nitrogens is 1. The van der Waals surface area contributed by atoms with E-state index in [1.807, 2.05) is 36.4 Å². The first-order valence-corrected chi connectivity index (χ1v) is 6.98. The molecular weight excluding hydrogens is 296 g/mol. The first kappa shape index (κ1) is 16.4. The molecule has 0 fully saturated rings. The van der Waals surface area contributed by atoms with E-state index in [0.29, 0.717) is 18.1 Å². The van der Waals surface area contributed by atoms with Crippen molar-refractivity contribution in [2.45, 2.75) is 20.1 Å². The van der Waals surface area contributed by atoms with Crippen LogP contribution in [-0.2, 0) is 17.9 Å². The summed E-state index contributed by atoms with van der Waals surface area (Å²) in [4.78, 5) is 13.7. The summed E-state index contributed by atoms with van der Waals surface area (Å²) in [7, 11) is 1.44. The van der Waals surface area contributed by atoms with Gasteiger partial charge in [-0.3, -0.25) is 15.4 Å². The molecule has 0 radical (unpaired) electrons. The topological polar surface area (TPSA) is 102 Å². The fraction of sp³-hybridized carbons (Fsp3) is 0.250. The van der Waals surface area contributed by atoms with E-state index in [1.54, 1.807) is 6.92 Å². The summed E-state index contributed by atoms with van der Waals surface area (Å²) < 4.78 is 5.04. The van der Waals surface area contributed by atoms with Gasteiger partial charge >= 0.3 is 5.69 Å². The number of ether oxygens (including phenoxy) is 1. The lowest BCUT2D eigenvalue weighted by atomic mass is 10.1. The number of pyridine rings is 1. The average molecular weight is 313 g/mol. The number of H-pyrrole nitrogens is 1. The van der Waals surface area contributed by atoms with Gasteiger partial charge in [0.2, 0.25) is 0 Å². The molecule has 0 aliphatic heterocycles. The molecule has 1 heterocycles. The average Bonchev–Trinajstić information content (AvgIpc) is 2.53. The number of anilines is 1. The molecule has 118 valence electrons. The number of nitrogens with zero attached hydrogens (tertiary/aromatic N) is 2. The number of aryl methyl sites for hydroxylation is 1. The lowest BCUT2D eigenvalue weighted by Crippen LogP contribution is -2.22. The second-order valence-electron chi connectivity index (χ2n) is 4.97. The predicted octanol–water partition coefficient (Wildman–Crippen LogP) is 2.35. The van der Waals surface area contributed by atoms with Gasteiger partial charge in [-0.25, -0.2) is 4.98 Å². The highest BCUT2D eigenvalue weighted by Crippen LogP contribution is 2.28. The van der Waals surface area contributed by atoms with Gasteiger partial charge in [0, 0.05) is 14.0 Å². The van der Waals surface area contributed by atoms with E-state index in [1.165, 1.54) is 7.11 Å². The Morgan fingerprint density at radius 3 is 2.65 bits per heavy atom. The van der Waals surface area contributed by atoms with Crippen molar-refractivity contribution < 1.29 is 14.6 Å². The van der Waals surface area contributed by atoms with Crippen LogP contribution < -0.4 is 10.3 Å². The minimum absolute atomic E-state index is 0.00521. The van der Waals surface area contributed by atoms with Crippen molar-refractivity contribution in [1.29, 1.82) is 5.26 Å². The molecule has 0 bridgehead atoms. The molecule has 2 rings (SSSR count). The third kappa shape index (κ3) is 3.62. The summed E-state index contributed by atoms with van der Waals surface area (Å²) >= 11 is 0.